The van der Waals surface area contributed by atoms with Crippen LogP contribution in [0.3, 0.4) is 0 Å². The molecule has 0 spiro atoms. The van der Waals surface area contributed by atoms with E-state index in [1.807, 2.05) is 39.1 Å². The molecule has 0 saturated heterocycles. The Hall–Kier alpha value is -11.4. The van der Waals surface area contributed by atoms with Gasteiger partial charge in [0.05, 0.1) is 11.7 Å². The Kier molecular flexibility index (Phi) is 20.6. The first-order chi connectivity index (χ1) is 39.3. The second-order valence-electron chi connectivity index (χ2n) is 17.3. The second kappa shape index (κ2) is 28.3. The van der Waals surface area contributed by atoms with E-state index >= 15 is 0 Å². The van der Waals surface area contributed by atoms with Crippen LogP contribution in [-0.2, 0) is 4.70 Å². The minimum absolute atomic E-state index is 0.0625. The number of halogens is 4. The summed E-state index contributed by atoms with van der Waals surface area (Å²) in [6.07, 6.45) is 14.1. The summed E-state index contributed by atoms with van der Waals surface area (Å²) in [6.45, 7) is 29.9. The van der Waals surface area contributed by atoms with Crippen molar-refractivity contribution < 1.29 is 22.3 Å². The first-order valence-corrected chi connectivity index (χ1v) is 24.0. The van der Waals surface area contributed by atoms with E-state index in [-0.39, 0.29) is 45.7 Å². The number of rotatable bonds is 4. The third-order valence-corrected chi connectivity index (χ3v) is 11.3. The summed E-state index contributed by atoms with van der Waals surface area (Å²) in [5.41, 5.74) is 31.1. The summed E-state index contributed by atoms with van der Waals surface area (Å²) in [5, 5.41) is 2.05. The monoisotopic (exact) mass is 1100 g/mol. The average molecular weight is 1100 g/mol. The number of hydrogen-bond donors (Lipinski definition) is 5. The molecule has 11 aromatic heterocycles. The van der Waals surface area contributed by atoms with E-state index in [4.69, 9.17) is 42.7 Å². The van der Waals surface area contributed by atoms with E-state index in [0.717, 1.165) is 62.9 Å². The van der Waals surface area contributed by atoms with Gasteiger partial charge in [-0.15, -0.1) is 15.0 Å². The van der Waals surface area contributed by atoms with Crippen molar-refractivity contribution in [1.29, 1.82) is 0 Å². The summed E-state index contributed by atoms with van der Waals surface area (Å²) in [4.78, 5) is 51.5. The predicted molar refractivity (Wildman–Crippen MR) is 308 cm³/mol. The van der Waals surface area contributed by atoms with Gasteiger partial charge in [0, 0.05) is 80.8 Å². The van der Waals surface area contributed by atoms with Crippen LogP contribution >= 0.6 is 0 Å². The molecule has 0 saturated carbocycles. The van der Waals surface area contributed by atoms with Crippen molar-refractivity contribution in [3.05, 3.63) is 226 Å². The van der Waals surface area contributed by atoms with Crippen molar-refractivity contribution in [2.24, 2.45) is 0 Å². The van der Waals surface area contributed by atoms with Crippen molar-refractivity contribution in [3.8, 4) is 33.4 Å². The molecule has 0 aliphatic rings. The van der Waals surface area contributed by atoms with Crippen LogP contribution in [0.4, 0.5) is 58.3 Å². The van der Waals surface area contributed by atoms with Crippen LogP contribution in [0.25, 0.3) is 69.9 Å². The minimum Gasteiger partial charge on any atom is -0.383 e. The molecule has 0 radical (unpaired) electrons. The fourth-order valence-corrected chi connectivity index (χ4v) is 7.21. The van der Waals surface area contributed by atoms with Gasteiger partial charge in [-0.2, -0.15) is 0 Å². The quantitative estimate of drug-likeness (QED) is 0.0622. The number of fused-ring (bicyclic) bond motifs is 3. The molecule has 0 bridgehead atoms. The number of H-pyrrole nitrogens is 1. The maximum atomic E-state index is 13.7. The molecule has 19 nitrogen and oxygen atoms in total. The Labute approximate surface area is 468 Å². The Morgan fingerprint density at radius 1 is 0.439 bits per heavy atom. The Morgan fingerprint density at radius 2 is 0.890 bits per heavy atom. The Bertz CT molecular complexity index is 4200. The number of hydrogen-bond acceptors (Lipinski definition) is 15. The van der Waals surface area contributed by atoms with Gasteiger partial charge in [-0.25, -0.2) is 38.1 Å². The molecule has 406 valence electrons. The number of nitrogens with one attached hydrogen (secondary N) is 1. The molecule has 11 heterocycles. The smallest absolute Gasteiger partial charge is 0.270 e. The van der Waals surface area contributed by atoms with Gasteiger partial charge >= 0.3 is 57.4 Å². The van der Waals surface area contributed by atoms with Gasteiger partial charge in [-0.3, -0.25) is 4.98 Å². The number of aromatic amines is 1. The van der Waals surface area contributed by atoms with Gasteiger partial charge in [0.25, 0.3) is 17.5 Å². The zero-order valence-corrected chi connectivity index (χ0v) is 44.4. The number of aryl methyl sites for hydroxylation is 5. The molecular formula is C58H47BF4N18O. The standard InChI is InChI=1S/C12H9FN4.C12H8N4.C11H7FN4.C11H10FN3.C6H5BFNO.C6H8N2/c1-7-3-9(12(14)17-5-7)8-4-11(15-2)16-6-10(8)13;1-7-3-9-8-4-11(13-2)14-6-10(8)16-12(9)15-5-7;1-14-10-5-8(9(12)6-16-10)7-3-2-4-15-11(7)13;1-7-5-9(10(12)6-15-7)8-3-2-4-14-11(8)13;1-4-2-5(7-10)6(8)3-9-4;1-5-3-2-4-8-6(5)7/h3-6H,1H3,(H2,14,17);3-6H,1H3,(H,15,16);2-6H,(H2,13,15);2-6H,1H3,(H2,13,14);2-3H,1H3;2-4H,1H3,(H2,7,8). The Morgan fingerprint density at radius 3 is 1.40 bits per heavy atom. The molecule has 82 heavy (non-hydrogen) atoms. The van der Waals surface area contributed by atoms with E-state index in [0.29, 0.717) is 52.6 Å². The summed E-state index contributed by atoms with van der Waals surface area (Å²) in [7, 11) is 0.476. The van der Waals surface area contributed by atoms with Gasteiger partial charge in [0.2, 0.25) is 0 Å². The zero-order chi connectivity index (χ0) is 59.5. The molecule has 0 atom stereocenters. The van der Waals surface area contributed by atoms with Gasteiger partial charge in [-0.05, 0) is 111 Å². The van der Waals surface area contributed by atoms with Gasteiger partial charge < -0.3 is 42.5 Å². The fourth-order valence-electron chi connectivity index (χ4n) is 7.21. The van der Waals surface area contributed by atoms with E-state index < -0.39 is 17.5 Å². The first-order valence-electron chi connectivity index (χ1n) is 24.0. The molecule has 0 aliphatic heterocycles. The number of pyridine rings is 10. The number of nitrogens with two attached hydrogens (primary N) is 4. The van der Waals surface area contributed by atoms with E-state index in [1.54, 1.807) is 81.1 Å². The van der Waals surface area contributed by atoms with Gasteiger partial charge in [0.15, 0.2) is 24.0 Å². The molecule has 0 aliphatic carbocycles. The SMILES string of the molecule is Cc1cc(-c2cccnc2N)c(F)cn1.Cc1cc(B=O)c(F)cn1.Cc1cccnc1N.[C-]#[N+]c1cc(-c2cc(C)cnc2N)c(F)cn1.[C-]#[N+]c1cc(-c2cccnc2N)c(F)cn1.[C-]#[N+]c1cc2c(cn1)[nH]c1ncc(C)cc12. The molecule has 11 aromatic rings. The summed E-state index contributed by atoms with van der Waals surface area (Å²) in [6, 6.07) is 21.9. The van der Waals surface area contributed by atoms with Crippen molar-refractivity contribution in [3.63, 3.8) is 0 Å². The third-order valence-electron chi connectivity index (χ3n) is 11.3. The number of nitrogens with zero attached hydrogens (tertiary/aromatic N) is 13. The summed E-state index contributed by atoms with van der Waals surface area (Å²) < 4.78 is 63.3. The minimum atomic E-state index is -0.569. The summed E-state index contributed by atoms with van der Waals surface area (Å²) >= 11 is 0. The van der Waals surface area contributed by atoms with Gasteiger partial charge in [0.1, 0.15) is 40.9 Å². The molecule has 9 N–H and O–H groups in total. The summed E-state index contributed by atoms with van der Waals surface area (Å²) in [5.74, 6) is 0.0658. The van der Waals surface area contributed by atoms with Crippen LogP contribution in [-0.4, -0.2) is 62.0 Å². The zero-order valence-electron chi connectivity index (χ0n) is 44.4. The molecule has 0 amide bonds. The van der Waals surface area contributed by atoms with Crippen LogP contribution in [0, 0.1) is 77.6 Å². The van der Waals surface area contributed by atoms with Crippen LogP contribution in [0.2, 0.25) is 0 Å². The predicted octanol–water partition coefficient (Wildman–Crippen LogP) is 11.5. The van der Waals surface area contributed by atoms with Crippen LogP contribution in [0.5, 0.6) is 0 Å². The average Bonchev–Trinajstić information content (AvgIpc) is 4.04. The number of anilines is 4. The van der Waals surface area contributed by atoms with Crippen molar-refractivity contribution in [1.82, 2.24) is 54.8 Å². The van der Waals surface area contributed by atoms with Crippen molar-refractivity contribution in [2.75, 3.05) is 22.9 Å². The molecular weight excluding hydrogens is 1050 g/mol. The third kappa shape index (κ3) is 15.8. The molecule has 11 rings (SSSR count). The van der Waals surface area contributed by atoms with E-state index in [2.05, 4.69) is 75.4 Å². The maximum Gasteiger partial charge on any atom is 0.270 e. The van der Waals surface area contributed by atoms with E-state index in [1.165, 1.54) is 30.6 Å². The van der Waals surface area contributed by atoms with E-state index in [9.17, 15) is 22.3 Å². The normalized spacial score (nSPS) is 9.93. The van der Waals surface area contributed by atoms with Crippen molar-refractivity contribution >= 4 is 75.3 Å². The number of aromatic nitrogens is 11. The molecule has 0 aromatic carbocycles. The first kappa shape index (κ1) is 59.8. The van der Waals surface area contributed by atoms with Crippen molar-refractivity contribution in [2.45, 2.75) is 34.6 Å². The van der Waals surface area contributed by atoms with Crippen LogP contribution < -0.4 is 28.4 Å². The second-order valence-corrected chi connectivity index (χ2v) is 17.3. The largest absolute Gasteiger partial charge is 0.383 e. The molecule has 0 unspecified atom stereocenters. The molecule has 0 fully saturated rings. The van der Waals surface area contributed by atoms with Gasteiger partial charge in [-0.1, -0.05) is 25.8 Å². The van der Waals surface area contributed by atoms with Crippen LogP contribution in [0.15, 0.2) is 141 Å². The Balaban J connectivity index is 0.000000161. The fraction of sp³-hybridized carbons (Fsp3) is 0.0862. The van der Waals surface area contributed by atoms with Crippen LogP contribution in [0.1, 0.15) is 28.1 Å². The molecule has 24 heteroatoms. The number of nitrogen functional groups attached to an aromatic ring is 4. The topological polar surface area (TPSA) is 279 Å². The maximum absolute atomic E-state index is 13.7.